The van der Waals surface area contributed by atoms with E-state index in [2.05, 4.69) is 4.98 Å². The van der Waals surface area contributed by atoms with Crippen LogP contribution < -0.4 is 5.73 Å². The average molecular weight is 202 g/mol. The first-order valence-corrected chi connectivity index (χ1v) is 4.65. The van der Waals surface area contributed by atoms with Crippen LogP contribution in [0.2, 0.25) is 0 Å². The minimum Gasteiger partial charge on any atom is -0.398 e. The molecule has 2 N–H and O–H groups in total. The molecule has 0 aliphatic rings. The van der Waals surface area contributed by atoms with Crippen molar-refractivity contribution < 1.29 is 4.39 Å². The number of hydrogen-bond acceptors (Lipinski definition) is 2. The van der Waals surface area contributed by atoms with Crippen molar-refractivity contribution in [3.8, 4) is 11.3 Å². The van der Waals surface area contributed by atoms with E-state index in [1.807, 2.05) is 12.1 Å². The van der Waals surface area contributed by atoms with Crippen LogP contribution in [0.3, 0.4) is 0 Å². The van der Waals surface area contributed by atoms with Gasteiger partial charge in [0.2, 0.25) is 0 Å². The van der Waals surface area contributed by atoms with Gasteiger partial charge in [0.05, 0.1) is 0 Å². The summed E-state index contributed by atoms with van der Waals surface area (Å²) in [6.07, 6.45) is 1.63. The largest absolute Gasteiger partial charge is 0.398 e. The van der Waals surface area contributed by atoms with Gasteiger partial charge in [0.1, 0.15) is 11.5 Å². The van der Waals surface area contributed by atoms with Gasteiger partial charge >= 0.3 is 0 Å². The number of rotatable bonds is 1. The maximum absolute atomic E-state index is 13.6. The summed E-state index contributed by atoms with van der Waals surface area (Å²) >= 11 is 0. The van der Waals surface area contributed by atoms with Crippen molar-refractivity contribution in [1.29, 1.82) is 0 Å². The zero-order valence-electron chi connectivity index (χ0n) is 8.37. The quantitative estimate of drug-likeness (QED) is 0.722. The molecule has 0 saturated carbocycles. The molecular formula is C12H11FN2. The van der Waals surface area contributed by atoms with Crippen LogP contribution >= 0.6 is 0 Å². The lowest BCUT2D eigenvalue weighted by atomic mass is 10.1. The van der Waals surface area contributed by atoms with Crippen molar-refractivity contribution in [3.05, 3.63) is 47.9 Å². The molecule has 0 spiro atoms. The average Bonchev–Trinajstić information content (AvgIpc) is 2.20. The predicted octanol–water partition coefficient (Wildman–Crippen LogP) is 2.78. The molecule has 0 aliphatic carbocycles. The molecule has 15 heavy (non-hydrogen) atoms. The second-order valence-corrected chi connectivity index (χ2v) is 3.43. The van der Waals surface area contributed by atoms with Crippen LogP contribution in [0.1, 0.15) is 5.56 Å². The van der Waals surface area contributed by atoms with E-state index in [-0.39, 0.29) is 5.82 Å². The summed E-state index contributed by atoms with van der Waals surface area (Å²) in [7, 11) is 0. The number of nitrogens with two attached hydrogens (primary N) is 1. The number of nitrogen functional groups attached to an aromatic ring is 1. The lowest BCUT2D eigenvalue weighted by Crippen LogP contribution is -1.95. The third-order valence-corrected chi connectivity index (χ3v) is 2.19. The van der Waals surface area contributed by atoms with Crippen molar-refractivity contribution >= 4 is 5.69 Å². The maximum atomic E-state index is 13.6. The zero-order chi connectivity index (χ0) is 10.8. The standard InChI is InChI=1S/C12H11FN2/c1-8-6-10(13)12(15-7-8)9-4-2-3-5-11(9)14/h2-7H,14H2,1H3. The number of halogens is 1. The third-order valence-electron chi connectivity index (χ3n) is 2.19. The first-order valence-electron chi connectivity index (χ1n) is 4.65. The molecule has 0 atom stereocenters. The van der Waals surface area contributed by atoms with E-state index in [4.69, 9.17) is 5.73 Å². The number of nitrogens with zero attached hydrogens (tertiary/aromatic N) is 1. The van der Waals surface area contributed by atoms with Crippen LogP contribution in [0, 0.1) is 12.7 Å². The van der Waals surface area contributed by atoms with E-state index in [1.54, 1.807) is 25.3 Å². The molecule has 0 saturated heterocycles. The molecule has 2 aromatic rings. The number of benzene rings is 1. The number of aryl methyl sites for hydroxylation is 1. The highest BCUT2D eigenvalue weighted by molar-refractivity contribution is 5.73. The number of hydrogen-bond donors (Lipinski definition) is 1. The van der Waals surface area contributed by atoms with Crippen LogP contribution in [-0.2, 0) is 0 Å². The maximum Gasteiger partial charge on any atom is 0.149 e. The SMILES string of the molecule is Cc1cnc(-c2ccccc2N)c(F)c1. The molecule has 0 amide bonds. The molecule has 2 nitrogen and oxygen atoms in total. The monoisotopic (exact) mass is 202 g/mol. The highest BCUT2D eigenvalue weighted by atomic mass is 19.1. The van der Waals surface area contributed by atoms with Crippen molar-refractivity contribution in [1.82, 2.24) is 4.98 Å². The summed E-state index contributed by atoms with van der Waals surface area (Å²) in [5.41, 5.74) is 8.02. The van der Waals surface area contributed by atoms with Crippen LogP contribution in [0.5, 0.6) is 0 Å². The van der Waals surface area contributed by atoms with Gasteiger partial charge < -0.3 is 5.73 Å². The summed E-state index contributed by atoms with van der Waals surface area (Å²) in [5.74, 6) is -0.340. The number of pyridine rings is 1. The fourth-order valence-electron chi connectivity index (χ4n) is 1.44. The summed E-state index contributed by atoms with van der Waals surface area (Å²) in [5, 5.41) is 0. The van der Waals surface area contributed by atoms with Gasteiger partial charge in [0.15, 0.2) is 0 Å². The molecule has 1 aromatic heterocycles. The zero-order valence-corrected chi connectivity index (χ0v) is 8.37. The lowest BCUT2D eigenvalue weighted by molar-refractivity contribution is 0.624. The van der Waals surface area contributed by atoms with E-state index in [1.165, 1.54) is 6.07 Å². The normalized spacial score (nSPS) is 10.3. The molecule has 0 bridgehead atoms. The van der Waals surface area contributed by atoms with Gasteiger partial charge in [-0.3, -0.25) is 4.98 Å². The van der Waals surface area contributed by atoms with Crippen LogP contribution in [0.4, 0.5) is 10.1 Å². The Morgan fingerprint density at radius 1 is 1.27 bits per heavy atom. The van der Waals surface area contributed by atoms with Gasteiger partial charge in [0, 0.05) is 17.4 Å². The van der Waals surface area contributed by atoms with Crippen molar-refractivity contribution in [2.45, 2.75) is 6.92 Å². The Morgan fingerprint density at radius 2 is 2.00 bits per heavy atom. The lowest BCUT2D eigenvalue weighted by Gasteiger charge is -2.05. The Balaban J connectivity index is 2.60. The molecule has 76 valence electrons. The fraction of sp³-hybridized carbons (Fsp3) is 0.0833. The van der Waals surface area contributed by atoms with Crippen molar-refractivity contribution in [2.24, 2.45) is 0 Å². The van der Waals surface area contributed by atoms with Gasteiger partial charge in [-0.1, -0.05) is 18.2 Å². The van der Waals surface area contributed by atoms with Crippen LogP contribution in [-0.4, -0.2) is 4.98 Å². The highest BCUT2D eigenvalue weighted by Gasteiger charge is 2.08. The second kappa shape index (κ2) is 3.69. The second-order valence-electron chi connectivity index (χ2n) is 3.43. The molecule has 2 rings (SSSR count). The topological polar surface area (TPSA) is 38.9 Å². The van der Waals surface area contributed by atoms with E-state index >= 15 is 0 Å². The third kappa shape index (κ3) is 1.81. The highest BCUT2D eigenvalue weighted by Crippen LogP contribution is 2.25. The summed E-state index contributed by atoms with van der Waals surface area (Å²) in [6.45, 7) is 1.80. The van der Waals surface area contributed by atoms with Crippen molar-refractivity contribution in [3.63, 3.8) is 0 Å². The fourth-order valence-corrected chi connectivity index (χ4v) is 1.44. The van der Waals surface area contributed by atoms with Crippen LogP contribution in [0.25, 0.3) is 11.3 Å². The molecule has 1 aromatic carbocycles. The Kier molecular flexibility index (Phi) is 2.37. The van der Waals surface area contributed by atoms with E-state index in [9.17, 15) is 4.39 Å². The Morgan fingerprint density at radius 3 is 2.67 bits per heavy atom. The first kappa shape index (κ1) is 9.65. The molecule has 0 unspecified atom stereocenters. The van der Waals surface area contributed by atoms with Crippen molar-refractivity contribution in [2.75, 3.05) is 5.73 Å². The number of aromatic nitrogens is 1. The van der Waals surface area contributed by atoms with Gasteiger partial charge in [-0.25, -0.2) is 4.39 Å². The molecular weight excluding hydrogens is 191 g/mol. The molecule has 1 heterocycles. The van der Waals surface area contributed by atoms with E-state index in [0.29, 0.717) is 16.9 Å². The van der Waals surface area contributed by atoms with Gasteiger partial charge in [-0.2, -0.15) is 0 Å². The van der Waals surface area contributed by atoms with Crippen LogP contribution in [0.15, 0.2) is 36.5 Å². The number of para-hydroxylation sites is 1. The smallest absolute Gasteiger partial charge is 0.149 e. The summed E-state index contributed by atoms with van der Waals surface area (Å²) in [4.78, 5) is 4.05. The minimum absolute atomic E-state index is 0.304. The van der Waals surface area contributed by atoms with Gasteiger partial charge in [-0.15, -0.1) is 0 Å². The molecule has 0 radical (unpaired) electrons. The molecule has 3 heteroatoms. The number of anilines is 1. The Bertz CT molecular complexity index is 495. The van der Waals surface area contributed by atoms with E-state index < -0.39 is 0 Å². The van der Waals surface area contributed by atoms with E-state index in [0.717, 1.165) is 5.56 Å². The molecule has 0 fully saturated rings. The molecule has 0 aliphatic heterocycles. The Labute approximate surface area is 87.6 Å². The summed E-state index contributed by atoms with van der Waals surface area (Å²) < 4.78 is 13.6. The van der Waals surface area contributed by atoms with Gasteiger partial charge in [0.25, 0.3) is 0 Å². The van der Waals surface area contributed by atoms with Gasteiger partial charge in [-0.05, 0) is 24.6 Å². The predicted molar refractivity (Wildman–Crippen MR) is 58.8 cm³/mol. The summed E-state index contributed by atoms with van der Waals surface area (Å²) in [6, 6.07) is 8.57. The first-order chi connectivity index (χ1) is 7.18. The minimum atomic E-state index is -0.340. The Hall–Kier alpha value is -1.90.